The number of carbonyl (C=O) groups excluding carboxylic acids is 1. The lowest BCUT2D eigenvalue weighted by Gasteiger charge is -2.25. The molecule has 3 nitrogen and oxygen atoms in total. The third-order valence-corrected chi connectivity index (χ3v) is 3.69. The summed E-state index contributed by atoms with van der Waals surface area (Å²) in [5.74, 6) is 0. The molecule has 0 aromatic heterocycles. The van der Waals surface area contributed by atoms with E-state index in [1.807, 2.05) is 44.2 Å². The Morgan fingerprint density at radius 2 is 1.58 bits per heavy atom. The molecule has 0 aliphatic heterocycles. The maximum absolute atomic E-state index is 12.7. The molecule has 128 valence electrons. The Morgan fingerprint density at radius 3 is 2.21 bits per heavy atom. The Hall–Kier alpha value is -2.50. The molecule has 2 rings (SSSR count). The van der Waals surface area contributed by atoms with Gasteiger partial charge in [0.2, 0.25) is 0 Å². The largest absolute Gasteiger partial charge is 0.416 e. The molecule has 0 saturated carbocycles. The van der Waals surface area contributed by atoms with Crippen LogP contribution in [-0.2, 0) is 11.6 Å². The van der Waals surface area contributed by atoms with E-state index in [9.17, 15) is 18.0 Å². The van der Waals surface area contributed by atoms with Crippen molar-refractivity contribution in [2.45, 2.75) is 25.4 Å². The van der Waals surface area contributed by atoms with Crippen LogP contribution < -0.4 is 10.6 Å². The number of amides is 2. The van der Waals surface area contributed by atoms with Gasteiger partial charge in [0, 0.05) is 17.6 Å². The molecule has 0 heterocycles. The molecule has 0 spiro atoms. The quantitative estimate of drug-likeness (QED) is 0.827. The fourth-order valence-electron chi connectivity index (χ4n) is 2.24. The molecule has 6 heteroatoms. The molecule has 0 fully saturated rings. The maximum atomic E-state index is 12.7. The van der Waals surface area contributed by atoms with Gasteiger partial charge in [-0.15, -0.1) is 0 Å². The monoisotopic (exact) mass is 336 g/mol. The van der Waals surface area contributed by atoms with E-state index in [1.165, 1.54) is 12.1 Å². The maximum Gasteiger partial charge on any atom is 0.416 e. The molecule has 0 aliphatic carbocycles. The second kappa shape index (κ2) is 6.95. The van der Waals surface area contributed by atoms with Crippen molar-refractivity contribution in [3.63, 3.8) is 0 Å². The van der Waals surface area contributed by atoms with Crippen LogP contribution in [0.3, 0.4) is 0 Å². The normalized spacial score (nSPS) is 11.9. The minimum absolute atomic E-state index is 0.0971. The molecule has 0 radical (unpaired) electrons. The van der Waals surface area contributed by atoms with Gasteiger partial charge in [-0.2, -0.15) is 13.2 Å². The number of urea groups is 1. The zero-order valence-electron chi connectivity index (χ0n) is 13.4. The lowest BCUT2D eigenvalue weighted by atomic mass is 9.85. The predicted octanol–water partition coefficient (Wildman–Crippen LogP) is 4.80. The van der Waals surface area contributed by atoms with E-state index in [2.05, 4.69) is 10.6 Å². The molecule has 0 aliphatic rings. The molecular weight excluding hydrogens is 317 g/mol. The molecule has 0 unspecified atom stereocenters. The summed E-state index contributed by atoms with van der Waals surface area (Å²) >= 11 is 0. The average Bonchev–Trinajstić information content (AvgIpc) is 2.53. The summed E-state index contributed by atoms with van der Waals surface area (Å²) in [6.45, 7) is 4.31. The van der Waals surface area contributed by atoms with Gasteiger partial charge in [0.15, 0.2) is 0 Å². The van der Waals surface area contributed by atoms with Crippen LogP contribution in [0.5, 0.6) is 0 Å². The highest BCUT2D eigenvalue weighted by atomic mass is 19.4. The smallest absolute Gasteiger partial charge is 0.337 e. The van der Waals surface area contributed by atoms with Crippen LogP contribution in [0.1, 0.15) is 25.0 Å². The van der Waals surface area contributed by atoms with Crippen LogP contribution in [0.2, 0.25) is 0 Å². The van der Waals surface area contributed by atoms with E-state index in [0.717, 1.165) is 17.7 Å². The van der Waals surface area contributed by atoms with Gasteiger partial charge in [0.25, 0.3) is 0 Å². The third kappa shape index (κ3) is 4.75. The fraction of sp³-hybridized carbons (Fsp3) is 0.278. The van der Waals surface area contributed by atoms with Gasteiger partial charge in [-0.1, -0.05) is 50.2 Å². The van der Waals surface area contributed by atoms with Gasteiger partial charge in [-0.3, -0.25) is 0 Å². The lowest BCUT2D eigenvalue weighted by molar-refractivity contribution is -0.137. The lowest BCUT2D eigenvalue weighted by Crippen LogP contribution is -2.39. The second-order valence-electron chi connectivity index (χ2n) is 6.14. The first-order valence-electron chi connectivity index (χ1n) is 7.46. The number of carbonyl (C=O) groups is 1. The van der Waals surface area contributed by atoms with Crippen molar-refractivity contribution in [3.05, 3.63) is 65.7 Å². The zero-order valence-corrected chi connectivity index (χ0v) is 13.4. The van der Waals surface area contributed by atoms with Crippen LogP contribution in [0.15, 0.2) is 54.6 Å². The van der Waals surface area contributed by atoms with E-state index in [0.29, 0.717) is 6.54 Å². The van der Waals surface area contributed by atoms with Crippen molar-refractivity contribution in [1.82, 2.24) is 5.32 Å². The number of hydrogen-bond acceptors (Lipinski definition) is 1. The molecule has 2 aromatic carbocycles. The number of benzene rings is 2. The van der Waals surface area contributed by atoms with Crippen LogP contribution in [0.25, 0.3) is 0 Å². The topological polar surface area (TPSA) is 41.1 Å². The molecule has 24 heavy (non-hydrogen) atoms. The van der Waals surface area contributed by atoms with Crippen LogP contribution in [-0.4, -0.2) is 12.6 Å². The highest BCUT2D eigenvalue weighted by molar-refractivity contribution is 5.89. The van der Waals surface area contributed by atoms with Crippen LogP contribution in [0.4, 0.5) is 23.7 Å². The van der Waals surface area contributed by atoms with Gasteiger partial charge in [0.1, 0.15) is 0 Å². The van der Waals surface area contributed by atoms with E-state index < -0.39 is 17.8 Å². The molecule has 0 saturated heterocycles. The van der Waals surface area contributed by atoms with E-state index in [1.54, 1.807) is 0 Å². The minimum atomic E-state index is -4.44. The molecule has 2 amide bonds. The Morgan fingerprint density at radius 1 is 0.958 bits per heavy atom. The van der Waals surface area contributed by atoms with Crippen LogP contribution >= 0.6 is 0 Å². The Kier molecular flexibility index (Phi) is 5.17. The fourth-order valence-corrected chi connectivity index (χ4v) is 2.24. The first-order valence-corrected chi connectivity index (χ1v) is 7.46. The van der Waals surface area contributed by atoms with Crippen molar-refractivity contribution in [2.75, 3.05) is 11.9 Å². The van der Waals surface area contributed by atoms with Crippen LogP contribution in [0, 0.1) is 0 Å². The van der Waals surface area contributed by atoms with Crippen molar-refractivity contribution >= 4 is 11.7 Å². The molecule has 0 atom stereocenters. The highest BCUT2D eigenvalue weighted by Crippen LogP contribution is 2.30. The Bertz CT molecular complexity index is 697. The Balaban J connectivity index is 1.97. The summed E-state index contributed by atoms with van der Waals surface area (Å²) in [4.78, 5) is 11.9. The molecule has 0 bridgehead atoms. The number of hydrogen-bond donors (Lipinski definition) is 2. The number of alkyl halides is 3. The van der Waals surface area contributed by atoms with Gasteiger partial charge < -0.3 is 10.6 Å². The summed E-state index contributed by atoms with van der Waals surface area (Å²) in [5, 5.41) is 5.13. The molecular formula is C18H19F3N2O. The van der Waals surface area contributed by atoms with Crippen molar-refractivity contribution in [2.24, 2.45) is 0 Å². The predicted molar refractivity (Wildman–Crippen MR) is 87.9 cm³/mol. The average molecular weight is 336 g/mol. The van der Waals surface area contributed by atoms with Crippen molar-refractivity contribution in [1.29, 1.82) is 0 Å². The summed E-state index contributed by atoms with van der Waals surface area (Å²) in [5.41, 5.74) is 0.0565. The number of rotatable bonds is 4. The van der Waals surface area contributed by atoms with Crippen molar-refractivity contribution < 1.29 is 18.0 Å². The summed E-state index contributed by atoms with van der Waals surface area (Å²) in [7, 11) is 0. The van der Waals surface area contributed by atoms with Gasteiger partial charge in [-0.05, 0) is 23.8 Å². The van der Waals surface area contributed by atoms with Crippen molar-refractivity contribution in [3.8, 4) is 0 Å². The van der Waals surface area contributed by atoms with Gasteiger partial charge in [-0.25, -0.2) is 4.79 Å². The highest BCUT2D eigenvalue weighted by Gasteiger charge is 2.30. The summed E-state index contributed by atoms with van der Waals surface area (Å²) in [6.07, 6.45) is -4.44. The first kappa shape index (κ1) is 17.8. The van der Waals surface area contributed by atoms with E-state index in [-0.39, 0.29) is 11.1 Å². The van der Waals surface area contributed by atoms with E-state index >= 15 is 0 Å². The van der Waals surface area contributed by atoms with Gasteiger partial charge >= 0.3 is 12.2 Å². The summed E-state index contributed by atoms with van der Waals surface area (Å²) in [6, 6.07) is 13.7. The summed E-state index contributed by atoms with van der Waals surface area (Å²) < 4.78 is 38.0. The third-order valence-electron chi connectivity index (χ3n) is 3.69. The number of nitrogens with one attached hydrogen (secondary N) is 2. The Labute approximate surface area is 138 Å². The number of halogens is 3. The zero-order chi connectivity index (χ0) is 17.8. The molecule has 2 aromatic rings. The first-order chi connectivity index (χ1) is 11.2. The second-order valence-corrected chi connectivity index (χ2v) is 6.14. The standard InChI is InChI=1S/C18H19F3N2O/c1-17(2,13-7-4-3-5-8-13)12-22-16(24)23-15-10-6-9-14(11-15)18(19,20)21/h3-11H,12H2,1-2H3,(H2,22,23,24). The number of anilines is 1. The molecule has 2 N–H and O–H groups in total. The minimum Gasteiger partial charge on any atom is -0.337 e. The SMILES string of the molecule is CC(C)(CNC(=O)Nc1cccc(C(F)(F)F)c1)c1ccccc1. The van der Waals surface area contributed by atoms with Gasteiger partial charge in [0.05, 0.1) is 5.56 Å². The van der Waals surface area contributed by atoms with E-state index in [4.69, 9.17) is 0 Å².